The van der Waals surface area contributed by atoms with Crippen molar-refractivity contribution < 1.29 is 8.42 Å². The smallest absolute Gasteiger partial charge is 0.150 e. The van der Waals surface area contributed by atoms with Crippen LogP contribution in [-0.2, 0) is 16.3 Å². The van der Waals surface area contributed by atoms with Gasteiger partial charge >= 0.3 is 0 Å². The first-order valence-corrected chi connectivity index (χ1v) is 8.64. The quantitative estimate of drug-likeness (QED) is 0.722. The minimum atomic E-state index is -2.88. The van der Waals surface area contributed by atoms with Gasteiger partial charge in [0.15, 0.2) is 0 Å². The molecule has 18 heavy (non-hydrogen) atoms. The molecule has 2 nitrogen and oxygen atoms in total. The topological polar surface area (TPSA) is 34.1 Å². The zero-order valence-electron chi connectivity index (χ0n) is 11.0. The summed E-state index contributed by atoms with van der Waals surface area (Å²) < 4.78 is 23.0. The molecular weight excluding hydrogens is 268 g/mol. The molecule has 0 saturated heterocycles. The van der Waals surface area contributed by atoms with Crippen molar-refractivity contribution in [1.82, 2.24) is 0 Å². The Labute approximate surface area is 115 Å². The Balaban J connectivity index is 2.57. The van der Waals surface area contributed by atoms with E-state index >= 15 is 0 Å². The Hall–Kier alpha value is -0.540. The highest BCUT2D eigenvalue weighted by atomic mass is 35.5. The molecule has 0 heterocycles. The normalized spacial score (nSPS) is 13.5. The van der Waals surface area contributed by atoms with E-state index in [0.29, 0.717) is 12.3 Å². The van der Waals surface area contributed by atoms with Gasteiger partial charge in [-0.25, -0.2) is 8.42 Å². The summed E-state index contributed by atoms with van der Waals surface area (Å²) in [6.45, 7) is 3.74. The van der Waals surface area contributed by atoms with E-state index < -0.39 is 9.84 Å². The number of hydrogen-bond acceptors (Lipinski definition) is 2. The molecular formula is C14H21ClO2S. The van der Waals surface area contributed by atoms with Crippen LogP contribution < -0.4 is 0 Å². The van der Waals surface area contributed by atoms with Gasteiger partial charge in [0.25, 0.3) is 0 Å². The van der Waals surface area contributed by atoms with E-state index in [-0.39, 0.29) is 17.4 Å². The van der Waals surface area contributed by atoms with Gasteiger partial charge in [-0.05, 0) is 31.2 Å². The molecule has 0 aliphatic carbocycles. The van der Waals surface area contributed by atoms with Gasteiger partial charge in [0.1, 0.15) is 9.84 Å². The molecule has 1 unspecified atom stereocenters. The maximum atomic E-state index is 11.5. The minimum Gasteiger partial charge on any atom is -0.229 e. The second-order valence-electron chi connectivity index (χ2n) is 4.74. The number of sulfone groups is 1. The molecule has 0 aliphatic heterocycles. The first-order chi connectivity index (χ1) is 8.46. The molecule has 1 rings (SSSR count). The van der Waals surface area contributed by atoms with Gasteiger partial charge in [-0.1, -0.05) is 36.8 Å². The van der Waals surface area contributed by atoms with Crippen LogP contribution in [0.15, 0.2) is 24.3 Å². The first kappa shape index (κ1) is 15.5. The second-order valence-corrected chi connectivity index (χ2v) is 7.52. The molecule has 4 heteroatoms. The van der Waals surface area contributed by atoms with Crippen molar-refractivity contribution in [1.29, 1.82) is 0 Å². The standard InChI is InChI=1S/C14H21ClO2S/c1-3-18(16,17)8-7-14(11-15)10-13-6-4-5-12(2)9-13/h4-6,9,14H,3,7-8,10-11H2,1-2H3. The van der Waals surface area contributed by atoms with Crippen LogP contribution in [0.25, 0.3) is 0 Å². The maximum Gasteiger partial charge on any atom is 0.150 e. The van der Waals surface area contributed by atoms with Crippen LogP contribution in [-0.4, -0.2) is 25.8 Å². The minimum absolute atomic E-state index is 0.215. The van der Waals surface area contributed by atoms with Gasteiger partial charge < -0.3 is 0 Å². The summed E-state index contributed by atoms with van der Waals surface area (Å²) in [5, 5.41) is 0. The molecule has 0 aromatic heterocycles. The van der Waals surface area contributed by atoms with Crippen molar-refractivity contribution in [3.63, 3.8) is 0 Å². The summed E-state index contributed by atoms with van der Waals surface area (Å²) in [4.78, 5) is 0. The van der Waals surface area contributed by atoms with Gasteiger partial charge in [-0.2, -0.15) is 0 Å². The van der Waals surface area contributed by atoms with Crippen LogP contribution in [0, 0.1) is 12.8 Å². The molecule has 0 saturated carbocycles. The van der Waals surface area contributed by atoms with Crippen molar-refractivity contribution >= 4 is 21.4 Å². The van der Waals surface area contributed by atoms with Crippen molar-refractivity contribution in [3.8, 4) is 0 Å². The molecule has 0 N–H and O–H groups in total. The molecule has 1 atom stereocenters. The van der Waals surface area contributed by atoms with E-state index in [0.717, 1.165) is 6.42 Å². The Bertz CT molecular complexity index is 468. The molecule has 1 aromatic rings. The average Bonchev–Trinajstić information content (AvgIpc) is 2.34. The fourth-order valence-corrected chi connectivity index (χ4v) is 3.14. The van der Waals surface area contributed by atoms with Crippen molar-refractivity contribution in [3.05, 3.63) is 35.4 Å². The summed E-state index contributed by atoms with van der Waals surface area (Å²) in [7, 11) is -2.88. The number of aryl methyl sites for hydroxylation is 1. The second kappa shape index (κ2) is 7.15. The third-order valence-electron chi connectivity index (χ3n) is 3.10. The van der Waals surface area contributed by atoms with Gasteiger partial charge in [0.05, 0.1) is 5.75 Å². The Morgan fingerprint density at radius 1 is 1.33 bits per heavy atom. The summed E-state index contributed by atoms with van der Waals surface area (Å²) in [6.07, 6.45) is 1.50. The lowest BCUT2D eigenvalue weighted by atomic mass is 9.98. The van der Waals surface area contributed by atoms with E-state index in [1.165, 1.54) is 11.1 Å². The fraction of sp³-hybridized carbons (Fsp3) is 0.571. The predicted octanol–water partition coefficient (Wildman–Crippen LogP) is 3.22. The summed E-state index contributed by atoms with van der Waals surface area (Å²) in [5.74, 6) is 1.20. The van der Waals surface area contributed by atoms with Gasteiger partial charge in [-0.3, -0.25) is 0 Å². The molecule has 0 aliphatic rings. The van der Waals surface area contributed by atoms with Crippen molar-refractivity contribution in [2.75, 3.05) is 17.4 Å². The zero-order valence-corrected chi connectivity index (χ0v) is 12.6. The zero-order chi connectivity index (χ0) is 13.6. The lowest BCUT2D eigenvalue weighted by molar-refractivity contribution is 0.548. The SMILES string of the molecule is CCS(=O)(=O)CCC(CCl)Cc1cccc(C)c1. The highest BCUT2D eigenvalue weighted by Gasteiger charge is 2.14. The van der Waals surface area contributed by atoms with Gasteiger partial charge in [-0.15, -0.1) is 11.6 Å². The van der Waals surface area contributed by atoms with Crippen LogP contribution in [0.5, 0.6) is 0 Å². The van der Waals surface area contributed by atoms with Crippen molar-refractivity contribution in [2.45, 2.75) is 26.7 Å². The number of halogens is 1. The Morgan fingerprint density at radius 3 is 2.61 bits per heavy atom. The molecule has 1 aromatic carbocycles. The Kier molecular flexibility index (Phi) is 6.16. The first-order valence-electron chi connectivity index (χ1n) is 6.28. The lowest BCUT2D eigenvalue weighted by Crippen LogP contribution is -2.15. The molecule has 0 spiro atoms. The molecule has 0 bridgehead atoms. The third-order valence-corrected chi connectivity index (χ3v) is 5.28. The molecule has 102 valence electrons. The largest absolute Gasteiger partial charge is 0.229 e. The predicted molar refractivity (Wildman–Crippen MR) is 78.0 cm³/mol. The van der Waals surface area contributed by atoms with Gasteiger partial charge in [0.2, 0.25) is 0 Å². The van der Waals surface area contributed by atoms with Crippen molar-refractivity contribution in [2.24, 2.45) is 5.92 Å². The molecule has 0 radical (unpaired) electrons. The number of benzene rings is 1. The number of rotatable bonds is 7. The van der Waals surface area contributed by atoms with Gasteiger partial charge in [0, 0.05) is 11.6 Å². The highest BCUT2D eigenvalue weighted by Crippen LogP contribution is 2.16. The average molecular weight is 289 g/mol. The summed E-state index contributed by atoms with van der Waals surface area (Å²) in [5.41, 5.74) is 2.46. The highest BCUT2D eigenvalue weighted by molar-refractivity contribution is 7.91. The van der Waals surface area contributed by atoms with Crippen LogP contribution in [0.1, 0.15) is 24.5 Å². The van der Waals surface area contributed by atoms with Crippen LogP contribution in [0.3, 0.4) is 0 Å². The number of hydrogen-bond donors (Lipinski definition) is 0. The monoisotopic (exact) mass is 288 g/mol. The molecule has 0 amide bonds. The molecule has 0 fully saturated rings. The maximum absolute atomic E-state index is 11.5. The number of alkyl halides is 1. The van der Waals surface area contributed by atoms with E-state index in [1.54, 1.807) is 6.92 Å². The summed E-state index contributed by atoms with van der Waals surface area (Å²) >= 11 is 5.93. The van der Waals surface area contributed by atoms with E-state index in [1.807, 2.05) is 6.07 Å². The van der Waals surface area contributed by atoms with E-state index in [4.69, 9.17) is 11.6 Å². The summed E-state index contributed by atoms with van der Waals surface area (Å²) in [6, 6.07) is 8.29. The van der Waals surface area contributed by atoms with E-state index in [9.17, 15) is 8.42 Å². The van der Waals surface area contributed by atoms with E-state index in [2.05, 4.69) is 25.1 Å². The third kappa shape index (κ3) is 5.40. The lowest BCUT2D eigenvalue weighted by Gasteiger charge is -2.14. The van der Waals surface area contributed by atoms with Crippen LogP contribution >= 0.6 is 11.6 Å². The Morgan fingerprint density at radius 2 is 2.06 bits per heavy atom. The van der Waals surface area contributed by atoms with Crippen LogP contribution in [0.2, 0.25) is 0 Å². The van der Waals surface area contributed by atoms with Crippen LogP contribution in [0.4, 0.5) is 0 Å². The fourth-order valence-electron chi connectivity index (χ4n) is 1.90.